The lowest BCUT2D eigenvalue weighted by molar-refractivity contribution is -0.389. The Bertz CT molecular complexity index is 1350. The first kappa shape index (κ1) is 26.7. The van der Waals surface area contributed by atoms with Gasteiger partial charge in [-0.15, -0.1) is 11.3 Å². The number of benzene rings is 1. The number of thiophene rings is 1. The molecule has 1 aromatic carbocycles. The summed E-state index contributed by atoms with van der Waals surface area (Å²) in [6, 6.07) is 10.8. The van der Waals surface area contributed by atoms with Gasteiger partial charge in [0.25, 0.3) is 5.82 Å². The molecule has 10 heteroatoms. The number of hydrogen-bond acceptors (Lipinski definition) is 8. The average Bonchev–Trinajstić information content (AvgIpc) is 3.23. The molecule has 0 atom stereocenters. The topological polar surface area (TPSA) is 104 Å². The van der Waals surface area contributed by atoms with Crippen LogP contribution in [-0.2, 0) is 9.47 Å². The van der Waals surface area contributed by atoms with Gasteiger partial charge >= 0.3 is 11.9 Å². The zero-order valence-electron chi connectivity index (χ0n) is 20.7. The highest BCUT2D eigenvalue weighted by Crippen LogP contribution is 2.30. The molecule has 3 rings (SSSR count). The average molecular weight is 510 g/mol. The summed E-state index contributed by atoms with van der Waals surface area (Å²) in [7, 11) is 1.24. The molecule has 2 heterocycles. The number of anilines is 1. The summed E-state index contributed by atoms with van der Waals surface area (Å²) in [6.45, 7) is 8.02. The van der Waals surface area contributed by atoms with Crippen LogP contribution >= 0.6 is 11.3 Å². The molecule has 1 amide bonds. The van der Waals surface area contributed by atoms with Gasteiger partial charge in [-0.2, -0.15) is 0 Å². The van der Waals surface area contributed by atoms with E-state index in [4.69, 9.17) is 14.2 Å². The lowest BCUT2D eigenvalue weighted by atomic mass is 10.1. The summed E-state index contributed by atoms with van der Waals surface area (Å²) in [5, 5.41) is 12.7. The minimum atomic E-state index is -0.704. The van der Waals surface area contributed by atoms with Crippen LogP contribution in [0.1, 0.15) is 38.1 Å². The largest absolute Gasteiger partial charge is 0.468 e. The molecule has 0 spiro atoms. The van der Waals surface area contributed by atoms with E-state index >= 15 is 0 Å². The number of pyridine rings is 1. The summed E-state index contributed by atoms with van der Waals surface area (Å²) >= 11 is 1.57. The van der Waals surface area contributed by atoms with Gasteiger partial charge in [0, 0.05) is 27.8 Å². The van der Waals surface area contributed by atoms with Crippen molar-refractivity contribution < 1.29 is 23.9 Å². The minimum Gasteiger partial charge on any atom is -0.468 e. The molecule has 9 nitrogen and oxygen atoms in total. The Labute approximate surface area is 213 Å². The summed E-state index contributed by atoms with van der Waals surface area (Å²) in [4.78, 5) is 29.6. The van der Waals surface area contributed by atoms with E-state index in [1.165, 1.54) is 24.1 Å². The van der Waals surface area contributed by atoms with Crippen LogP contribution in [0.25, 0.3) is 16.2 Å². The van der Waals surface area contributed by atoms with Gasteiger partial charge < -0.3 is 24.3 Å². The van der Waals surface area contributed by atoms with Gasteiger partial charge in [-0.3, -0.25) is 0 Å². The van der Waals surface area contributed by atoms with Crippen LogP contribution in [0, 0.1) is 22.0 Å². The first-order valence-electron chi connectivity index (χ1n) is 11.1. The van der Waals surface area contributed by atoms with Crippen molar-refractivity contribution >= 4 is 45.2 Å². The van der Waals surface area contributed by atoms with Gasteiger partial charge in [0.05, 0.1) is 7.11 Å². The maximum absolute atomic E-state index is 12.3. The summed E-state index contributed by atoms with van der Waals surface area (Å²) in [5.41, 5.74) is -0.566. The van der Waals surface area contributed by atoms with Crippen molar-refractivity contribution in [2.24, 2.45) is 0 Å². The van der Waals surface area contributed by atoms with Gasteiger partial charge in [0.15, 0.2) is 6.79 Å². The Hall–Kier alpha value is -3.94. The van der Waals surface area contributed by atoms with Crippen LogP contribution in [0.2, 0.25) is 0 Å². The first-order chi connectivity index (χ1) is 17.1. The molecule has 0 bridgehead atoms. The van der Waals surface area contributed by atoms with Crippen molar-refractivity contribution in [3.8, 4) is 17.6 Å². The van der Waals surface area contributed by atoms with E-state index in [2.05, 4.69) is 16.8 Å². The second-order valence-corrected chi connectivity index (χ2v) is 9.60. The van der Waals surface area contributed by atoms with Gasteiger partial charge in [0.1, 0.15) is 11.3 Å². The molecule has 2 aromatic heterocycles. The SMILES string of the molecule is CCOCOc1ccc2cc(/C=C/C#Cc3ccc(N(C(=O)OC)C(C)(C)C)nc3[N+](=O)[O-])sc2c1. The molecule has 0 fully saturated rings. The summed E-state index contributed by atoms with van der Waals surface area (Å²) in [5.74, 6) is 6.01. The Balaban J connectivity index is 1.82. The number of hydrogen-bond donors (Lipinski definition) is 0. The molecule has 0 aliphatic rings. The van der Waals surface area contributed by atoms with E-state index in [0.29, 0.717) is 6.61 Å². The fourth-order valence-electron chi connectivity index (χ4n) is 3.24. The molecular weight excluding hydrogens is 482 g/mol. The zero-order chi connectivity index (χ0) is 26.3. The number of amides is 1. The van der Waals surface area contributed by atoms with Gasteiger partial charge in [-0.25, -0.2) is 9.69 Å². The number of methoxy groups -OCH3 is 1. The number of rotatable bonds is 7. The monoisotopic (exact) mass is 509 g/mol. The molecule has 0 radical (unpaired) electrons. The fraction of sp³-hybridized carbons (Fsp3) is 0.308. The Kier molecular flexibility index (Phi) is 8.64. The lowest BCUT2D eigenvalue weighted by Gasteiger charge is -2.31. The van der Waals surface area contributed by atoms with E-state index in [1.807, 2.05) is 37.3 Å². The van der Waals surface area contributed by atoms with Crippen molar-refractivity contribution in [3.05, 3.63) is 63.0 Å². The fourth-order valence-corrected chi connectivity index (χ4v) is 4.24. The molecule has 0 saturated carbocycles. The minimum absolute atomic E-state index is 0.108. The van der Waals surface area contributed by atoms with Crippen LogP contribution < -0.4 is 9.64 Å². The third-order valence-corrected chi connectivity index (χ3v) is 5.91. The molecule has 0 saturated heterocycles. The second-order valence-electron chi connectivity index (χ2n) is 8.48. The van der Waals surface area contributed by atoms with Gasteiger partial charge in [-0.1, -0.05) is 11.8 Å². The summed E-state index contributed by atoms with van der Waals surface area (Å²) < 4.78 is 16.7. The lowest BCUT2D eigenvalue weighted by Crippen LogP contribution is -2.46. The number of aromatic nitrogens is 1. The predicted molar refractivity (Wildman–Crippen MR) is 140 cm³/mol. The third-order valence-electron chi connectivity index (χ3n) is 4.85. The number of fused-ring (bicyclic) bond motifs is 1. The molecule has 0 unspecified atom stereocenters. The normalized spacial score (nSPS) is 11.2. The predicted octanol–water partition coefficient (Wildman–Crippen LogP) is 6.01. The highest BCUT2D eigenvalue weighted by atomic mass is 32.1. The Morgan fingerprint density at radius 1 is 1.25 bits per heavy atom. The van der Waals surface area contributed by atoms with Crippen LogP contribution in [0.3, 0.4) is 0 Å². The maximum atomic E-state index is 12.3. The van der Waals surface area contributed by atoms with Crippen LogP contribution in [-0.4, -0.2) is 42.0 Å². The molecule has 0 aliphatic carbocycles. The molecule has 0 aliphatic heterocycles. The van der Waals surface area contributed by atoms with Crippen molar-refractivity contribution in [2.45, 2.75) is 33.2 Å². The van der Waals surface area contributed by atoms with Crippen LogP contribution in [0.4, 0.5) is 16.4 Å². The van der Waals surface area contributed by atoms with E-state index < -0.39 is 22.4 Å². The number of carbonyl (C=O) groups excluding carboxylic acids is 1. The highest BCUT2D eigenvalue weighted by Gasteiger charge is 2.34. The number of carbonyl (C=O) groups is 1. The van der Waals surface area contributed by atoms with E-state index in [0.717, 1.165) is 20.7 Å². The van der Waals surface area contributed by atoms with Gasteiger partial charge in [-0.05, 0) is 85.5 Å². The standard InChI is InChI=1S/C26H27N3O6S/c1-6-34-17-35-20-13-11-19-15-21(36-22(19)16-20)10-8-7-9-18-12-14-23(27-24(18)29(31)32)28(25(30)33-5)26(2,3)4/h8,10-16H,6,17H2,1-5H3/b10-8+. The van der Waals surface area contributed by atoms with Crippen molar-refractivity contribution in [1.29, 1.82) is 0 Å². The molecule has 188 valence electrons. The van der Waals surface area contributed by atoms with Crippen molar-refractivity contribution in [2.75, 3.05) is 25.4 Å². The van der Waals surface area contributed by atoms with Gasteiger partial charge in [0.2, 0.25) is 0 Å². The highest BCUT2D eigenvalue weighted by molar-refractivity contribution is 7.19. The van der Waals surface area contributed by atoms with E-state index in [1.54, 1.807) is 38.2 Å². The van der Waals surface area contributed by atoms with Crippen LogP contribution in [0.15, 0.2) is 42.5 Å². The number of ether oxygens (including phenoxy) is 3. The molecule has 0 N–H and O–H groups in total. The number of allylic oxidation sites excluding steroid dienone is 1. The summed E-state index contributed by atoms with van der Waals surface area (Å²) in [6.07, 6.45) is 2.80. The zero-order valence-corrected chi connectivity index (χ0v) is 21.5. The van der Waals surface area contributed by atoms with Crippen molar-refractivity contribution in [3.63, 3.8) is 0 Å². The Morgan fingerprint density at radius 3 is 2.69 bits per heavy atom. The molecule has 3 aromatic rings. The first-order valence-corrected chi connectivity index (χ1v) is 11.9. The smallest absolute Gasteiger partial charge is 0.417 e. The van der Waals surface area contributed by atoms with E-state index in [-0.39, 0.29) is 18.2 Å². The van der Waals surface area contributed by atoms with Crippen LogP contribution in [0.5, 0.6) is 5.75 Å². The van der Waals surface area contributed by atoms with Crippen molar-refractivity contribution in [1.82, 2.24) is 4.98 Å². The quantitative estimate of drug-likeness (QED) is 0.126. The number of nitro groups is 1. The van der Waals surface area contributed by atoms with E-state index in [9.17, 15) is 14.9 Å². The maximum Gasteiger partial charge on any atom is 0.417 e. The molecular formula is C26H27N3O6S. The third kappa shape index (κ3) is 6.59. The second kappa shape index (κ2) is 11.7. The number of nitrogens with zero attached hydrogens (tertiary/aromatic N) is 3. The Morgan fingerprint density at radius 2 is 2.03 bits per heavy atom. The molecule has 36 heavy (non-hydrogen) atoms.